The number of rotatable bonds is 8. The van der Waals surface area contributed by atoms with Crippen molar-refractivity contribution < 1.29 is 14.7 Å². The van der Waals surface area contributed by atoms with E-state index in [-0.39, 0.29) is 23.9 Å². The molecule has 2 atom stereocenters. The number of aliphatic carboxylic acids is 1. The van der Waals surface area contributed by atoms with Gasteiger partial charge in [0.1, 0.15) is 11.5 Å². The Bertz CT molecular complexity index is 1740. The van der Waals surface area contributed by atoms with Crippen LogP contribution < -0.4 is 15.5 Å². The molecule has 0 spiro atoms. The van der Waals surface area contributed by atoms with Crippen LogP contribution in [0.25, 0.3) is 27.5 Å². The smallest absolute Gasteiger partial charge is 0.318 e. The second kappa shape index (κ2) is 10.9. The van der Waals surface area contributed by atoms with Crippen molar-refractivity contribution in [3.63, 3.8) is 0 Å². The fourth-order valence-electron chi connectivity index (χ4n) is 5.95. The quantitative estimate of drug-likeness (QED) is 0.252. The monoisotopic (exact) mass is 599 g/mol. The highest BCUT2D eigenvalue weighted by Crippen LogP contribution is 2.42. The predicted molar refractivity (Wildman–Crippen MR) is 163 cm³/mol. The van der Waals surface area contributed by atoms with Crippen molar-refractivity contribution in [3.8, 4) is 28.0 Å². The van der Waals surface area contributed by atoms with Crippen molar-refractivity contribution in [2.24, 2.45) is 17.3 Å². The van der Waals surface area contributed by atoms with Crippen LogP contribution in [0.5, 0.6) is 0 Å². The van der Waals surface area contributed by atoms with Gasteiger partial charge >= 0.3 is 5.97 Å². The summed E-state index contributed by atoms with van der Waals surface area (Å²) in [6, 6.07) is 9.89. The zero-order valence-electron chi connectivity index (χ0n) is 24.4. The molecule has 222 valence electrons. The third kappa shape index (κ3) is 5.27. The zero-order chi connectivity index (χ0) is 30.5. The molecule has 1 amide bonds. The Morgan fingerprint density at radius 1 is 1.14 bits per heavy atom. The lowest BCUT2D eigenvalue weighted by molar-refractivity contribution is -0.153. The molecule has 1 saturated heterocycles. The van der Waals surface area contributed by atoms with Gasteiger partial charge in [0.05, 0.1) is 34.2 Å². The van der Waals surface area contributed by atoms with Crippen LogP contribution in [0.15, 0.2) is 36.7 Å². The number of fused-ring (bicyclic) bond motifs is 3. The van der Waals surface area contributed by atoms with E-state index >= 15 is 0 Å². The molecule has 5 heterocycles. The molecule has 1 saturated carbocycles. The molecule has 1 aliphatic heterocycles. The standard InChI is InChI=1S/C30H33N9O3S/c1-16(2)34-22-10-23(24-8-7-20-9-17(11-31)12-33-39(20)24)32-13-21(22)26-36-37-29(43-26)38-14-18-5-6-19(15-38)25(18)35-27(40)30(3,4)28(41)42/h7-10,12-13,16,18-19,25H,5-6,14-15H2,1-4H3,(H,32,34)(H,35,40)(H,41,42). The number of anilines is 2. The molecule has 13 heteroatoms. The normalized spacial score (nSPS) is 19.9. The molecular formula is C30H33N9O3S. The molecule has 1 aliphatic carbocycles. The zero-order valence-corrected chi connectivity index (χ0v) is 25.2. The van der Waals surface area contributed by atoms with Gasteiger partial charge < -0.3 is 20.6 Å². The summed E-state index contributed by atoms with van der Waals surface area (Å²) >= 11 is 1.51. The lowest BCUT2D eigenvalue weighted by Gasteiger charge is -2.39. The highest BCUT2D eigenvalue weighted by Gasteiger charge is 2.46. The Morgan fingerprint density at radius 2 is 1.88 bits per heavy atom. The first kappa shape index (κ1) is 28.5. The molecule has 2 aliphatic rings. The summed E-state index contributed by atoms with van der Waals surface area (Å²) in [6.07, 6.45) is 5.30. The van der Waals surface area contributed by atoms with Crippen molar-refractivity contribution in [2.45, 2.75) is 52.6 Å². The number of carbonyl (C=O) groups is 2. The average molecular weight is 600 g/mol. The van der Waals surface area contributed by atoms with Crippen LogP contribution in [-0.4, -0.2) is 67.0 Å². The van der Waals surface area contributed by atoms with Gasteiger partial charge in [0.2, 0.25) is 11.0 Å². The third-order valence-corrected chi connectivity index (χ3v) is 9.41. The minimum Gasteiger partial charge on any atom is -0.480 e. The van der Waals surface area contributed by atoms with Gasteiger partial charge in [0.15, 0.2) is 5.01 Å². The van der Waals surface area contributed by atoms with E-state index in [4.69, 9.17) is 4.98 Å². The molecule has 12 nitrogen and oxygen atoms in total. The van der Waals surface area contributed by atoms with Crippen LogP contribution in [0.3, 0.4) is 0 Å². The van der Waals surface area contributed by atoms with Gasteiger partial charge in [0, 0.05) is 37.1 Å². The summed E-state index contributed by atoms with van der Waals surface area (Å²) < 4.78 is 1.77. The minimum absolute atomic E-state index is 0.0422. The summed E-state index contributed by atoms with van der Waals surface area (Å²) in [5, 5.41) is 40.3. The van der Waals surface area contributed by atoms with E-state index < -0.39 is 17.3 Å². The van der Waals surface area contributed by atoms with E-state index in [1.54, 1.807) is 16.8 Å². The summed E-state index contributed by atoms with van der Waals surface area (Å²) in [5.41, 5.74) is 3.13. The fraction of sp³-hybridized carbons (Fsp3) is 0.433. The number of carboxylic acids is 1. The highest BCUT2D eigenvalue weighted by molar-refractivity contribution is 7.18. The first-order valence-electron chi connectivity index (χ1n) is 14.3. The van der Waals surface area contributed by atoms with E-state index in [1.165, 1.54) is 25.2 Å². The van der Waals surface area contributed by atoms with Crippen LogP contribution in [-0.2, 0) is 9.59 Å². The number of hydrogen-bond acceptors (Lipinski definition) is 10. The van der Waals surface area contributed by atoms with Crippen LogP contribution in [0.1, 0.15) is 46.1 Å². The molecule has 6 rings (SSSR count). The fourth-order valence-corrected chi connectivity index (χ4v) is 6.83. The SMILES string of the molecule is CC(C)Nc1cc(-c2ccc3cc(C#N)cnn23)ncc1-c1nnc(N2CC3CCC(C2)C3NC(=O)C(C)(C)C(=O)O)s1. The van der Waals surface area contributed by atoms with Crippen molar-refractivity contribution in [1.82, 2.24) is 30.1 Å². The Labute approximate surface area is 252 Å². The highest BCUT2D eigenvalue weighted by atomic mass is 32.1. The van der Waals surface area contributed by atoms with Gasteiger partial charge in [-0.2, -0.15) is 10.4 Å². The van der Waals surface area contributed by atoms with Crippen LogP contribution in [0.4, 0.5) is 10.8 Å². The van der Waals surface area contributed by atoms with E-state index in [2.05, 4.69) is 50.7 Å². The van der Waals surface area contributed by atoms with Gasteiger partial charge in [0.25, 0.3) is 0 Å². The molecule has 2 fully saturated rings. The summed E-state index contributed by atoms with van der Waals surface area (Å²) in [7, 11) is 0. The van der Waals surface area contributed by atoms with E-state index in [0.717, 1.165) is 64.2 Å². The average Bonchev–Trinajstić information content (AvgIpc) is 3.68. The molecule has 2 bridgehead atoms. The minimum atomic E-state index is -1.47. The van der Waals surface area contributed by atoms with Crippen molar-refractivity contribution >= 4 is 39.5 Å². The first-order chi connectivity index (χ1) is 20.5. The number of nitriles is 1. The van der Waals surface area contributed by atoms with Crippen molar-refractivity contribution in [2.75, 3.05) is 23.3 Å². The second-order valence-electron chi connectivity index (χ2n) is 12.1. The van der Waals surface area contributed by atoms with Gasteiger partial charge in [-0.3, -0.25) is 14.6 Å². The molecule has 4 aromatic heterocycles. The van der Waals surface area contributed by atoms with Gasteiger partial charge in [-0.15, -0.1) is 10.2 Å². The number of amides is 1. The molecule has 0 aromatic carbocycles. The van der Waals surface area contributed by atoms with Gasteiger partial charge in [-0.1, -0.05) is 11.3 Å². The van der Waals surface area contributed by atoms with Crippen LogP contribution >= 0.6 is 11.3 Å². The largest absolute Gasteiger partial charge is 0.480 e. The Hall–Kier alpha value is -4.57. The second-order valence-corrected chi connectivity index (χ2v) is 13.1. The van der Waals surface area contributed by atoms with Crippen LogP contribution in [0.2, 0.25) is 0 Å². The molecular weight excluding hydrogens is 566 g/mol. The number of nitrogens with one attached hydrogen (secondary N) is 2. The van der Waals surface area contributed by atoms with Crippen LogP contribution in [0, 0.1) is 28.6 Å². The summed E-state index contributed by atoms with van der Waals surface area (Å²) in [6.45, 7) is 8.47. The number of pyridine rings is 1. The number of piperidine rings is 1. The molecule has 3 N–H and O–H groups in total. The van der Waals surface area contributed by atoms with Crippen molar-refractivity contribution in [3.05, 3.63) is 42.2 Å². The van der Waals surface area contributed by atoms with Crippen molar-refractivity contribution in [1.29, 1.82) is 5.26 Å². The predicted octanol–water partition coefficient (Wildman–Crippen LogP) is 4.05. The maximum absolute atomic E-state index is 12.7. The summed E-state index contributed by atoms with van der Waals surface area (Å²) in [4.78, 5) is 31.3. The van der Waals surface area contributed by atoms with E-state index in [0.29, 0.717) is 5.56 Å². The molecule has 43 heavy (non-hydrogen) atoms. The lowest BCUT2D eigenvalue weighted by Crippen LogP contribution is -2.56. The first-order valence-corrected chi connectivity index (χ1v) is 15.1. The number of hydrogen-bond donors (Lipinski definition) is 3. The van der Waals surface area contributed by atoms with Gasteiger partial charge in [-0.05, 0) is 76.6 Å². The van der Waals surface area contributed by atoms with E-state index in [1.807, 2.05) is 24.4 Å². The number of carboxylic acid groups (broad SMARTS) is 1. The molecule has 0 radical (unpaired) electrons. The Kier molecular flexibility index (Phi) is 7.25. The maximum atomic E-state index is 12.7. The maximum Gasteiger partial charge on any atom is 0.318 e. The lowest BCUT2D eigenvalue weighted by atomic mass is 9.88. The molecule has 4 aromatic rings. The number of carbonyl (C=O) groups excluding carboxylic acids is 1. The number of nitrogens with zero attached hydrogens (tertiary/aromatic N) is 7. The summed E-state index contributed by atoms with van der Waals surface area (Å²) in [5.74, 6) is -1.13. The third-order valence-electron chi connectivity index (χ3n) is 8.39. The van der Waals surface area contributed by atoms with Gasteiger partial charge in [-0.25, -0.2) is 4.52 Å². The topological polar surface area (TPSA) is 161 Å². The number of aromatic nitrogens is 5. The van der Waals surface area contributed by atoms with E-state index in [9.17, 15) is 20.0 Å². The Balaban J connectivity index is 1.23. The Morgan fingerprint density at radius 3 is 2.56 bits per heavy atom. The molecule has 2 unspecified atom stereocenters.